The van der Waals surface area contributed by atoms with Crippen molar-refractivity contribution in [2.75, 3.05) is 39.3 Å². The Kier molecular flexibility index (Phi) is 10.0. The second kappa shape index (κ2) is 14.2. The lowest BCUT2D eigenvalue weighted by molar-refractivity contribution is -0.145. The lowest BCUT2D eigenvalue weighted by Crippen LogP contribution is -2.66. The van der Waals surface area contributed by atoms with Crippen molar-refractivity contribution in [1.29, 1.82) is 5.26 Å². The molecule has 11 nitrogen and oxygen atoms in total. The highest BCUT2D eigenvalue weighted by Gasteiger charge is 2.48. The molecular formula is C35H43F3N10O. The highest BCUT2D eigenvalue weighted by molar-refractivity contribution is 6.09. The van der Waals surface area contributed by atoms with E-state index in [-0.39, 0.29) is 24.0 Å². The van der Waals surface area contributed by atoms with Crippen molar-refractivity contribution in [3.63, 3.8) is 0 Å². The number of piperidine rings is 1. The van der Waals surface area contributed by atoms with Gasteiger partial charge in [-0.3, -0.25) is 19.3 Å². The summed E-state index contributed by atoms with van der Waals surface area (Å²) in [5.41, 5.74) is 3.71. The molecule has 2 aromatic heterocycles. The van der Waals surface area contributed by atoms with E-state index in [2.05, 4.69) is 38.2 Å². The highest BCUT2D eigenvalue weighted by atomic mass is 19.4. The second-order valence-electron chi connectivity index (χ2n) is 13.5. The molecule has 3 saturated heterocycles. The summed E-state index contributed by atoms with van der Waals surface area (Å²) in [6, 6.07) is 3.96. The third-order valence-electron chi connectivity index (χ3n) is 10.1. The molecule has 0 unspecified atom stereocenters. The quantitative estimate of drug-likeness (QED) is 0.389. The van der Waals surface area contributed by atoms with Gasteiger partial charge in [-0.25, -0.2) is 15.0 Å². The van der Waals surface area contributed by atoms with Gasteiger partial charge in [-0.1, -0.05) is 12.5 Å². The van der Waals surface area contributed by atoms with Gasteiger partial charge in [0.25, 0.3) is 5.91 Å². The summed E-state index contributed by atoms with van der Waals surface area (Å²) < 4.78 is 42.9. The van der Waals surface area contributed by atoms with Crippen LogP contribution in [0, 0.1) is 11.3 Å². The number of nitriles is 1. The molecule has 4 aliphatic rings. The molecule has 0 atom stereocenters. The van der Waals surface area contributed by atoms with E-state index in [0.717, 1.165) is 54.9 Å². The average Bonchev–Trinajstić information content (AvgIpc) is 3.87. The third kappa shape index (κ3) is 7.47. The fraction of sp³-hybridized carbons (Fsp3) is 0.543. The number of aliphatic imine (C=N–C) groups is 1. The van der Waals surface area contributed by atoms with Crippen LogP contribution in [-0.4, -0.2) is 91.5 Å². The second-order valence-corrected chi connectivity index (χ2v) is 13.5. The molecule has 0 bridgehead atoms. The van der Waals surface area contributed by atoms with Crippen LogP contribution in [0.4, 0.5) is 13.2 Å². The number of nitrogens with one attached hydrogen (secondary N) is 1. The summed E-state index contributed by atoms with van der Waals surface area (Å²) in [5, 5.41) is 17.7. The summed E-state index contributed by atoms with van der Waals surface area (Å²) >= 11 is 0. The fourth-order valence-electron chi connectivity index (χ4n) is 7.00. The minimum Gasteiger partial charge on any atom is -0.346 e. The van der Waals surface area contributed by atoms with E-state index in [4.69, 9.17) is 5.10 Å². The van der Waals surface area contributed by atoms with Gasteiger partial charge < -0.3 is 10.2 Å². The smallest absolute Gasteiger partial charge is 0.346 e. The van der Waals surface area contributed by atoms with Crippen LogP contribution < -0.4 is 5.32 Å². The van der Waals surface area contributed by atoms with Crippen LogP contribution in [-0.2, 0) is 18.3 Å². The predicted octanol–water partition coefficient (Wildman–Crippen LogP) is 5.12. The number of rotatable bonds is 9. The van der Waals surface area contributed by atoms with Crippen molar-refractivity contribution in [3.8, 4) is 6.07 Å². The first-order valence-corrected chi connectivity index (χ1v) is 17.0. The fourth-order valence-corrected chi connectivity index (χ4v) is 7.00. The minimum absolute atomic E-state index is 0.185. The van der Waals surface area contributed by atoms with Crippen LogP contribution in [0.3, 0.4) is 0 Å². The summed E-state index contributed by atoms with van der Waals surface area (Å²) in [5.74, 6) is -0.983. The van der Waals surface area contributed by atoms with Crippen LogP contribution in [0.5, 0.6) is 0 Å². The van der Waals surface area contributed by atoms with Crippen molar-refractivity contribution in [1.82, 2.24) is 39.8 Å². The molecule has 6 heterocycles. The molecule has 260 valence electrons. The number of alkyl halides is 3. The zero-order valence-corrected chi connectivity index (χ0v) is 28.3. The molecule has 1 amide bonds. The lowest BCUT2D eigenvalue weighted by atomic mass is 9.83. The van der Waals surface area contributed by atoms with Crippen molar-refractivity contribution in [3.05, 3.63) is 70.9 Å². The van der Waals surface area contributed by atoms with E-state index >= 15 is 0 Å². The number of carbonyl (C=O) groups is 1. The summed E-state index contributed by atoms with van der Waals surface area (Å²) in [7, 11) is 0. The molecule has 4 aliphatic heterocycles. The summed E-state index contributed by atoms with van der Waals surface area (Å²) in [6.45, 7) is 10.2. The van der Waals surface area contributed by atoms with E-state index in [0.29, 0.717) is 45.4 Å². The number of amides is 1. The zero-order valence-electron chi connectivity index (χ0n) is 28.3. The number of hydrogen-bond donors (Lipinski definition) is 1. The maximum Gasteiger partial charge on any atom is 0.451 e. The Morgan fingerprint density at radius 1 is 1.16 bits per heavy atom. The van der Waals surface area contributed by atoms with Gasteiger partial charge in [0.05, 0.1) is 24.4 Å². The van der Waals surface area contributed by atoms with Crippen LogP contribution in [0.1, 0.15) is 86.9 Å². The van der Waals surface area contributed by atoms with Crippen LogP contribution in [0.15, 0.2) is 53.1 Å². The molecule has 0 aromatic carbocycles. The van der Waals surface area contributed by atoms with Gasteiger partial charge in [0.1, 0.15) is 17.1 Å². The van der Waals surface area contributed by atoms with Crippen LogP contribution in [0.25, 0.3) is 5.57 Å². The maximum absolute atomic E-state index is 13.7. The summed E-state index contributed by atoms with van der Waals surface area (Å²) in [6.07, 6.45) is 9.43. The van der Waals surface area contributed by atoms with Crippen molar-refractivity contribution >= 4 is 17.3 Å². The van der Waals surface area contributed by atoms with E-state index < -0.39 is 23.4 Å². The average molecular weight is 677 g/mol. The number of carbonyl (C=O) groups excluding carboxylic acids is 1. The molecule has 49 heavy (non-hydrogen) atoms. The Bertz CT molecular complexity index is 1710. The molecule has 2 aromatic rings. The molecule has 1 N–H and O–H groups in total. The Labute approximate surface area is 284 Å². The first-order valence-electron chi connectivity index (χ1n) is 17.0. The Balaban J connectivity index is 1.10. The van der Waals surface area contributed by atoms with Crippen molar-refractivity contribution in [2.45, 2.75) is 83.6 Å². The number of amidine groups is 1. The Hall–Kier alpha value is -4.35. The van der Waals surface area contributed by atoms with Crippen LogP contribution >= 0.6 is 0 Å². The highest BCUT2D eigenvalue weighted by Crippen LogP contribution is 2.37. The SMILES string of the molecule is CC/C(C)=C/N=C1\NC=C\C1=C(\C)c1cnn(C2(CC#N)CN(C3CCN(C(=O)c4cc(CN5CCCC5)nc(C(F)(F)F)n4)CC3)C2)c1. The predicted molar refractivity (Wildman–Crippen MR) is 179 cm³/mol. The molecular weight excluding hydrogens is 633 g/mol. The van der Waals surface area contributed by atoms with Gasteiger partial charge in [0.15, 0.2) is 0 Å². The lowest BCUT2D eigenvalue weighted by Gasteiger charge is -2.53. The monoisotopic (exact) mass is 676 g/mol. The van der Waals surface area contributed by atoms with E-state index in [1.54, 1.807) is 4.90 Å². The number of hydrogen-bond acceptors (Lipinski definition) is 8. The van der Waals surface area contributed by atoms with E-state index in [1.807, 2.05) is 54.3 Å². The molecule has 0 radical (unpaired) electrons. The normalized spacial score (nSPS) is 22.3. The van der Waals surface area contributed by atoms with Gasteiger partial charge >= 0.3 is 6.18 Å². The third-order valence-corrected chi connectivity index (χ3v) is 10.1. The van der Waals surface area contributed by atoms with Crippen LogP contribution in [0.2, 0.25) is 0 Å². The van der Waals surface area contributed by atoms with Gasteiger partial charge in [-0.15, -0.1) is 0 Å². The van der Waals surface area contributed by atoms with Gasteiger partial charge in [-0.2, -0.15) is 23.5 Å². The maximum atomic E-state index is 13.7. The van der Waals surface area contributed by atoms with Crippen molar-refractivity contribution < 1.29 is 18.0 Å². The number of aromatic nitrogens is 4. The van der Waals surface area contributed by atoms with Gasteiger partial charge in [0, 0.05) is 68.5 Å². The van der Waals surface area contributed by atoms with Gasteiger partial charge in [0.2, 0.25) is 5.82 Å². The van der Waals surface area contributed by atoms with Crippen molar-refractivity contribution in [2.24, 2.45) is 4.99 Å². The number of nitrogens with zero attached hydrogens (tertiary/aromatic N) is 9. The number of likely N-dealkylation sites (tertiary alicyclic amines) is 3. The molecule has 14 heteroatoms. The number of allylic oxidation sites excluding steroid dienone is 2. The molecule has 0 aliphatic carbocycles. The molecule has 3 fully saturated rings. The molecule has 0 saturated carbocycles. The Morgan fingerprint density at radius 3 is 2.57 bits per heavy atom. The zero-order chi connectivity index (χ0) is 34.8. The standard InChI is InChI=1S/C35H43F3N10O/c1-4-24(2)18-41-31-29(7-12-40-31)25(3)26-19-42-48(20-26)34(10-11-39)22-47(23-34)28-8-15-46(16-9-28)32(49)30-17-27(21-45-13-5-6-14-45)43-33(44-30)35(36,37)38/h7,12,17-20,28H,4-6,8-10,13-16,21-23H2,1-3H3,(H,40,41)/b24-18+,29-25+. The first-order chi connectivity index (χ1) is 23.5. The first kappa shape index (κ1) is 34.5. The molecule has 6 rings (SSSR count). The largest absolute Gasteiger partial charge is 0.451 e. The van der Waals surface area contributed by atoms with E-state index in [1.165, 1.54) is 11.6 Å². The topological polar surface area (TPSA) is 119 Å². The summed E-state index contributed by atoms with van der Waals surface area (Å²) in [4.78, 5) is 31.4. The van der Waals surface area contributed by atoms with Gasteiger partial charge in [-0.05, 0) is 76.8 Å². The molecule has 0 spiro atoms. The van der Waals surface area contributed by atoms with E-state index in [9.17, 15) is 23.2 Å². The number of halogens is 3. The Morgan fingerprint density at radius 2 is 1.90 bits per heavy atom. The minimum atomic E-state index is -4.74.